The minimum Gasteiger partial charge on any atom is -0.457 e. The van der Waals surface area contributed by atoms with Crippen LogP contribution in [-0.4, -0.2) is 30.2 Å². The van der Waals surface area contributed by atoms with Crippen LogP contribution in [-0.2, 0) is 4.79 Å². The normalized spacial score (nSPS) is 19.3. The van der Waals surface area contributed by atoms with E-state index in [4.69, 9.17) is 4.74 Å². The van der Waals surface area contributed by atoms with Gasteiger partial charge < -0.3 is 15.4 Å². The molecule has 1 amide bonds. The van der Waals surface area contributed by atoms with Crippen LogP contribution in [0.4, 0.5) is 10.1 Å². The number of pyridine rings is 1. The molecule has 144 valence electrons. The van der Waals surface area contributed by atoms with E-state index < -0.39 is 6.17 Å². The van der Waals surface area contributed by atoms with Gasteiger partial charge in [0.2, 0.25) is 5.91 Å². The number of halogens is 1. The summed E-state index contributed by atoms with van der Waals surface area (Å²) < 4.78 is 19.8. The van der Waals surface area contributed by atoms with Crippen molar-refractivity contribution in [2.45, 2.75) is 19.0 Å². The average Bonchev–Trinajstić information content (AvgIpc) is 2.71. The number of nitrogens with zero attached hydrogens (tertiary/aromatic N) is 1. The minimum absolute atomic E-state index is 0.164. The third-order valence-corrected chi connectivity index (χ3v) is 4.97. The average molecular weight is 379 g/mol. The molecule has 28 heavy (non-hydrogen) atoms. The van der Waals surface area contributed by atoms with Gasteiger partial charge in [-0.3, -0.25) is 9.78 Å². The van der Waals surface area contributed by atoms with Crippen LogP contribution in [0.15, 0.2) is 60.8 Å². The van der Waals surface area contributed by atoms with Crippen LogP contribution in [0.2, 0.25) is 0 Å². The minimum atomic E-state index is -0.967. The quantitative estimate of drug-likeness (QED) is 0.694. The molecule has 1 saturated heterocycles. The molecule has 0 spiro atoms. The number of amides is 1. The Morgan fingerprint density at radius 2 is 2.00 bits per heavy atom. The summed E-state index contributed by atoms with van der Waals surface area (Å²) in [7, 11) is 0. The zero-order valence-electron chi connectivity index (χ0n) is 15.4. The molecule has 0 aliphatic carbocycles. The van der Waals surface area contributed by atoms with Crippen molar-refractivity contribution in [3.63, 3.8) is 0 Å². The van der Waals surface area contributed by atoms with Crippen LogP contribution in [0, 0.1) is 5.92 Å². The lowest BCUT2D eigenvalue weighted by Crippen LogP contribution is -2.39. The third kappa shape index (κ3) is 4.28. The number of benzene rings is 2. The molecule has 0 radical (unpaired) electrons. The number of fused-ring (bicyclic) bond motifs is 1. The lowest BCUT2D eigenvalue weighted by atomic mass is 9.92. The Hall–Kier alpha value is -2.99. The maximum Gasteiger partial charge on any atom is 0.224 e. The molecule has 2 atom stereocenters. The molecule has 0 bridgehead atoms. The van der Waals surface area contributed by atoms with E-state index in [0.29, 0.717) is 24.4 Å². The third-order valence-electron chi connectivity index (χ3n) is 4.97. The van der Waals surface area contributed by atoms with Gasteiger partial charge in [0.25, 0.3) is 0 Å². The summed E-state index contributed by atoms with van der Waals surface area (Å²) >= 11 is 0. The number of hydrogen-bond donors (Lipinski definition) is 2. The largest absolute Gasteiger partial charge is 0.457 e. The molecular formula is C22H22FN3O2. The SMILES string of the molecule is O=C(CC1CCNCC1F)Nc1ccc(Oc2ccnc3ccccc23)cc1. The van der Waals surface area contributed by atoms with Gasteiger partial charge in [-0.25, -0.2) is 4.39 Å². The Morgan fingerprint density at radius 1 is 1.18 bits per heavy atom. The Kier molecular flexibility index (Phi) is 5.48. The van der Waals surface area contributed by atoms with Crippen LogP contribution < -0.4 is 15.4 Å². The van der Waals surface area contributed by atoms with Crippen molar-refractivity contribution in [2.24, 2.45) is 5.92 Å². The van der Waals surface area contributed by atoms with Gasteiger partial charge in [0.05, 0.1) is 5.52 Å². The van der Waals surface area contributed by atoms with Crippen LogP contribution in [0.3, 0.4) is 0 Å². The molecule has 2 aromatic carbocycles. The van der Waals surface area contributed by atoms with E-state index in [1.54, 1.807) is 30.5 Å². The molecule has 2 heterocycles. The van der Waals surface area contributed by atoms with E-state index in [1.807, 2.05) is 30.3 Å². The lowest BCUT2D eigenvalue weighted by Gasteiger charge is -2.26. The summed E-state index contributed by atoms with van der Waals surface area (Å²) in [5.41, 5.74) is 1.54. The Labute approximate surface area is 162 Å². The topological polar surface area (TPSA) is 63.2 Å². The standard InChI is InChI=1S/C22H22FN3O2/c23-19-14-24-11-9-15(19)13-22(27)26-16-5-7-17(8-6-16)28-21-10-12-25-20-4-2-1-3-18(20)21/h1-8,10,12,15,19,24H,9,11,13-14H2,(H,26,27). The first-order valence-corrected chi connectivity index (χ1v) is 9.45. The highest BCUT2D eigenvalue weighted by Crippen LogP contribution is 2.29. The monoisotopic (exact) mass is 379 g/mol. The molecule has 0 saturated carbocycles. The van der Waals surface area contributed by atoms with Gasteiger partial charge in [-0.1, -0.05) is 12.1 Å². The van der Waals surface area contributed by atoms with Crippen molar-refractivity contribution < 1.29 is 13.9 Å². The van der Waals surface area contributed by atoms with Crippen molar-refractivity contribution in [3.05, 3.63) is 60.8 Å². The molecule has 2 N–H and O–H groups in total. The number of nitrogens with one attached hydrogen (secondary N) is 2. The molecule has 6 heteroatoms. The maximum atomic E-state index is 13.9. The number of carbonyl (C=O) groups excluding carboxylic acids is 1. The summed E-state index contributed by atoms with van der Waals surface area (Å²) in [5.74, 6) is 1.01. The van der Waals surface area contributed by atoms with Gasteiger partial charge in [0, 0.05) is 36.2 Å². The first-order valence-electron chi connectivity index (χ1n) is 9.45. The summed E-state index contributed by atoms with van der Waals surface area (Å²) in [6.45, 7) is 1.09. The zero-order valence-corrected chi connectivity index (χ0v) is 15.4. The molecule has 1 fully saturated rings. The second-order valence-corrected chi connectivity index (χ2v) is 6.97. The maximum absolute atomic E-state index is 13.9. The number of aromatic nitrogens is 1. The van der Waals surface area contributed by atoms with Gasteiger partial charge in [-0.15, -0.1) is 0 Å². The Morgan fingerprint density at radius 3 is 2.82 bits per heavy atom. The van der Waals surface area contributed by atoms with E-state index in [1.165, 1.54) is 0 Å². The molecular weight excluding hydrogens is 357 g/mol. The van der Waals surface area contributed by atoms with Gasteiger partial charge in [-0.2, -0.15) is 0 Å². The number of anilines is 1. The lowest BCUT2D eigenvalue weighted by molar-refractivity contribution is -0.117. The Balaban J connectivity index is 1.39. The van der Waals surface area contributed by atoms with Crippen LogP contribution in [0.25, 0.3) is 10.9 Å². The van der Waals surface area contributed by atoms with E-state index in [2.05, 4.69) is 15.6 Å². The van der Waals surface area contributed by atoms with Crippen molar-refractivity contribution in [2.75, 3.05) is 18.4 Å². The van der Waals surface area contributed by atoms with E-state index >= 15 is 0 Å². The van der Waals surface area contributed by atoms with Gasteiger partial charge >= 0.3 is 0 Å². The van der Waals surface area contributed by atoms with Gasteiger partial charge in [0.15, 0.2) is 0 Å². The fourth-order valence-electron chi connectivity index (χ4n) is 3.45. The van der Waals surface area contributed by atoms with Crippen molar-refractivity contribution in [3.8, 4) is 11.5 Å². The number of alkyl halides is 1. The van der Waals surface area contributed by atoms with Crippen LogP contribution >= 0.6 is 0 Å². The van der Waals surface area contributed by atoms with Gasteiger partial charge in [-0.05, 0) is 55.4 Å². The molecule has 3 aromatic rings. The number of piperidine rings is 1. The molecule has 5 nitrogen and oxygen atoms in total. The summed E-state index contributed by atoms with van der Waals surface area (Å²) in [5, 5.41) is 6.77. The summed E-state index contributed by atoms with van der Waals surface area (Å²) in [6.07, 6.45) is 1.63. The number of carbonyl (C=O) groups is 1. The number of para-hydroxylation sites is 1. The number of ether oxygens (including phenoxy) is 1. The van der Waals surface area contributed by atoms with Crippen LogP contribution in [0.1, 0.15) is 12.8 Å². The van der Waals surface area contributed by atoms with Crippen molar-refractivity contribution >= 4 is 22.5 Å². The summed E-state index contributed by atoms with van der Waals surface area (Å²) in [4.78, 5) is 16.5. The molecule has 1 aliphatic heterocycles. The molecule has 1 aliphatic rings. The second-order valence-electron chi connectivity index (χ2n) is 6.97. The molecule has 1 aromatic heterocycles. The van der Waals surface area contributed by atoms with Crippen molar-refractivity contribution in [1.82, 2.24) is 10.3 Å². The van der Waals surface area contributed by atoms with Crippen molar-refractivity contribution in [1.29, 1.82) is 0 Å². The Bertz CT molecular complexity index is 956. The van der Waals surface area contributed by atoms with E-state index in [9.17, 15) is 9.18 Å². The van der Waals surface area contributed by atoms with Gasteiger partial charge in [0.1, 0.15) is 17.7 Å². The fourth-order valence-corrected chi connectivity index (χ4v) is 3.45. The number of rotatable bonds is 5. The summed E-state index contributed by atoms with van der Waals surface area (Å²) in [6, 6.07) is 16.8. The highest BCUT2D eigenvalue weighted by atomic mass is 19.1. The zero-order chi connectivity index (χ0) is 19.3. The highest BCUT2D eigenvalue weighted by Gasteiger charge is 2.26. The smallest absolute Gasteiger partial charge is 0.224 e. The van der Waals surface area contributed by atoms with Crippen LogP contribution in [0.5, 0.6) is 11.5 Å². The second kappa shape index (κ2) is 8.35. The molecule has 2 unspecified atom stereocenters. The number of hydrogen-bond acceptors (Lipinski definition) is 4. The van der Waals surface area contributed by atoms with E-state index in [-0.39, 0.29) is 18.2 Å². The predicted molar refractivity (Wildman–Crippen MR) is 107 cm³/mol. The first kappa shape index (κ1) is 18.4. The molecule has 4 rings (SSSR count). The first-order chi connectivity index (χ1) is 13.7. The predicted octanol–water partition coefficient (Wildman–Crippen LogP) is 4.30. The van der Waals surface area contributed by atoms with E-state index in [0.717, 1.165) is 23.2 Å². The highest BCUT2D eigenvalue weighted by molar-refractivity contribution is 5.91. The fraction of sp³-hybridized carbons (Fsp3) is 0.273.